The Morgan fingerprint density at radius 2 is 2.18 bits per heavy atom. The molecule has 0 bridgehead atoms. The van der Waals surface area contributed by atoms with Crippen molar-refractivity contribution in [1.82, 2.24) is 0 Å². The van der Waals surface area contributed by atoms with Crippen LogP contribution in [-0.4, -0.2) is 12.6 Å². The van der Waals surface area contributed by atoms with E-state index in [1.54, 1.807) is 6.92 Å². The second-order valence-electron chi connectivity index (χ2n) is 3.53. The largest absolute Gasteiger partial charge is 0.466 e. The number of carbonyl (C=O) groups is 1. The molecular weight excluding hydrogens is 282 g/mol. The Kier molecular flexibility index (Phi) is 5.71. The summed E-state index contributed by atoms with van der Waals surface area (Å²) in [5.41, 5.74) is 1.95. The van der Waals surface area contributed by atoms with Crippen molar-refractivity contribution < 1.29 is 9.53 Å². The quantitative estimate of drug-likeness (QED) is 0.785. The van der Waals surface area contributed by atoms with Crippen LogP contribution >= 0.6 is 15.9 Å². The van der Waals surface area contributed by atoms with E-state index in [0.717, 1.165) is 15.6 Å². The van der Waals surface area contributed by atoms with Gasteiger partial charge in [0.25, 0.3) is 0 Å². The SMILES string of the molecule is CCOC(=O)Cc1cccc(CCC#N)c1Br. The van der Waals surface area contributed by atoms with E-state index in [-0.39, 0.29) is 12.4 Å². The van der Waals surface area contributed by atoms with E-state index in [1.165, 1.54) is 0 Å². The lowest BCUT2D eigenvalue weighted by Crippen LogP contribution is -2.08. The number of carbonyl (C=O) groups excluding carboxylic acids is 1. The van der Waals surface area contributed by atoms with Crippen LogP contribution in [0.4, 0.5) is 0 Å². The summed E-state index contributed by atoms with van der Waals surface area (Å²) in [5.74, 6) is -0.231. The second kappa shape index (κ2) is 7.08. The van der Waals surface area contributed by atoms with Crippen LogP contribution in [0.2, 0.25) is 0 Å². The van der Waals surface area contributed by atoms with Crippen molar-refractivity contribution >= 4 is 21.9 Å². The predicted molar refractivity (Wildman–Crippen MR) is 68.4 cm³/mol. The van der Waals surface area contributed by atoms with E-state index in [0.29, 0.717) is 19.4 Å². The van der Waals surface area contributed by atoms with Crippen molar-refractivity contribution in [2.75, 3.05) is 6.61 Å². The van der Waals surface area contributed by atoms with Gasteiger partial charge in [0.15, 0.2) is 0 Å². The zero-order chi connectivity index (χ0) is 12.7. The van der Waals surface area contributed by atoms with Gasteiger partial charge in [0.2, 0.25) is 0 Å². The van der Waals surface area contributed by atoms with Gasteiger partial charge in [-0.2, -0.15) is 5.26 Å². The van der Waals surface area contributed by atoms with Crippen molar-refractivity contribution in [1.29, 1.82) is 5.26 Å². The van der Waals surface area contributed by atoms with E-state index >= 15 is 0 Å². The molecule has 0 atom stereocenters. The summed E-state index contributed by atoms with van der Waals surface area (Å²) in [5, 5.41) is 8.56. The first-order valence-corrected chi connectivity index (χ1v) is 6.27. The minimum absolute atomic E-state index is 0.231. The molecule has 0 N–H and O–H groups in total. The van der Waals surface area contributed by atoms with E-state index in [4.69, 9.17) is 10.00 Å². The van der Waals surface area contributed by atoms with Crippen molar-refractivity contribution in [2.24, 2.45) is 0 Å². The predicted octanol–water partition coefficient (Wildman–Crippen LogP) is 3.01. The first-order chi connectivity index (χ1) is 8.19. The number of nitriles is 1. The number of rotatable bonds is 5. The van der Waals surface area contributed by atoms with E-state index < -0.39 is 0 Å². The van der Waals surface area contributed by atoms with Crippen molar-refractivity contribution in [3.05, 3.63) is 33.8 Å². The van der Waals surface area contributed by atoms with Crippen LogP contribution in [0.5, 0.6) is 0 Å². The highest BCUT2D eigenvalue weighted by Gasteiger charge is 2.10. The minimum atomic E-state index is -0.231. The number of hydrogen-bond donors (Lipinski definition) is 0. The molecule has 3 nitrogen and oxygen atoms in total. The standard InChI is InChI=1S/C13H14BrNO2/c1-2-17-12(16)9-11-6-3-5-10(13(11)14)7-4-8-15/h3,5-6H,2,4,7,9H2,1H3. The highest BCUT2D eigenvalue weighted by Crippen LogP contribution is 2.23. The molecule has 0 saturated carbocycles. The molecule has 0 amide bonds. The smallest absolute Gasteiger partial charge is 0.310 e. The molecule has 0 aliphatic carbocycles. The van der Waals surface area contributed by atoms with Crippen LogP contribution in [-0.2, 0) is 22.4 Å². The highest BCUT2D eigenvalue weighted by molar-refractivity contribution is 9.10. The molecule has 0 aliphatic rings. The van der Waals surface area contributed by atoms with E-state index in [9.17, 15) is 4.79 Å². The van der Waals surface area contributed by atoms with Gasteiger partial charge >= 0.3 is 5.97 Å². The van der Waals surface area contributed by atoms with Crippen LogP contribution in [0.1, 0.15) is 24.5 Å². The fraction of sp³-hybridized carbons (Fsp3) is 0.385. The van der Waals surface area contributed by atoms with Gasteiger partial charge in [-0.15, -0.1) is 0 Å². The first kappa shape index (κ1) is 13.7. The minimum Gasteiger partial charge on any atom is -0.466 e. The first-order valence-electron chi connectivity index (χ1n) is 5.47. The van der Waals surface area contributed by atoms with Crippen molar-refractivity contribution in [2.45, 2.75) is 26.2 Å². The Bertz CT molecular complexity index is 438. The Hall–Kier alpha value is -1.34. The number of ether oxygens (including phenoxy) is 1. The molecule has 1 rings (SSSR count). The highest BCUT2D eigenvalue weighted by atomic mass is 79.9. The van der Waals surface area contributed by atoms with Crippen LogP contribution in [0.25, 0.3) is 0 Å². The normalized spacial score (nSPS) is 9.71. The third-order valence-electron chi connectivity index (χ3n) is 2.30. The van der Waals surface area contributed by atoms with Gasteiger partial charge in [0.1, 0.15) is 0 Å². The summed E-state index contributed by atoms with van der Waals surface area (Å²) >= 11 is 3.47. The summed E-state index contributed by atoms with van der Waals surface area (Å²) in [4.78, 5) is 11.4. The molecule has 0 saturated heterocycles. The van der Waals surface area contributed by atoms with Gasteiger partial charge in [0, 0.05) is 10.9 Å². The van der Waals surface area contributed by atoms with E-state index in [2.05, 4.69) is 22.0 Å². The number of halogens is 1. The average molecular weight is 296 g/mol. The Morgan fingerprint density at radius 3 is 2.82 bits per heavy atom. The van der Waals surface area contributed by atoms with Crippen LogP contribution < -0.4 is 0 Å². The third-order valence-corrected chi connectivity index (χ3v) is 3.32. The van der Waals surface area contributed by atoms with Gasteiger partial charge in [-0.3, -0.25) is 4.79 Å². The Labute approximate surface area is 110 Å². The second-order valence-corrected chi connectivity index (χ2v) is 4.32. The maximum absolute atomic E-state index is 11.4. The molecule has 0 radical (unpaired) electrons. The molecule has 0 unspecified atom stereocenters. The Balaban J connectivity index is 2.79. The summed E-state index contributed by atoms with van der Waals surface area (Å²) < 4.78 is 5.82. The van der Waals surface area contributed by atoms with Crippen molar-refractivity contribution in [3.8, 4) is 6.07 Å². The number of nitrogens with zero attached hydrogens (tertiary/aromatic N) is 1. The molecule has 0 aliphatic heterocycles. The number of benzene rings is 1. The number of esters is 1. The molecule has 0 heterocycles. The lowest BCUT2D eigenvalue weighted by Gasteiger charge is -2.08. The summed E-state index contributed by atoms with van der Waals surface area (Å²) in [6, 6.07) is 7.85. The van der Waals surface area contributed by atoms with Gasteiger partial charge < -0.3 is 4.74 Å². The molecule has 4 heteroatoms. The molecule has 90 valence electrons. The fourth-order valence-corrected chi connectivity index (χ4v) is 2.12. The number of aryl methyl sites for hydroxylation is 1. The summed E-state index contributed by atoms with van der Waals surface area (Å²) in [6.07, 6.45) is 1.42. The van der Waals surface area contributed by atoms with Gasteiger partial charge in [-0.05, 0) is 24.5 Å². The summed E-state index contributed by atoms with van der Waals surface area (Å²) in [6.45, 7) is 2.18. The Morgan fingerprint density at radius 1 is 1.47 bits per heavy atom. The monoisotopic (exact) mass is 295 g/mol. The van der Waals surface area contributed by atoms with Gasteiger partial charge in [-0.1, -0.05) is 34.1 Å². The van der Waals surface area contributed by atoms with E-state index in [1.807, 2.05) is 18.2 Å². The topological polar surface area (TPSA) is 50.1 Å². The molecule has 1 aromatic rings. The molecule has 0 aromatic heterocycles. The maximum atomic E-state index is 11.4. The average Bonchev–Trinajstić information content (AvgIpc) is 2.30. The maximum Gasteiger partial charge on any atom is 0.310 e. The lowest BCUT2D eigenvalue weighted by molar-refractivity contribution is -0.142. The van der Waals surface area contributed by atoms with Crippen molar-refractivity contribution in [3.63, 3.8) is 0 Å². The molecule has 0 spiro atoms. The van der Waals surface area contributed by atoms with Crippen LogP contribution in [0.3, 0.4) is 0 Å². The molecule has 0 fully saturated rings. The lowest BCUT2D eigenvalue weighted by atomic mass is 10.0. The fourth-order valence-electron chi connectivity index (χ4n) is 1.52. The van der Waals surface area contributed by atoms with Gasteiger partial charge in [-0.25, -0.2) is 0 Å². The van der Waals surface area contributed by atoms with Gasteiger partial charge in [0.05, 0.1) is 19.1 Å². The molecule has 1 aromatic carbocycles. The zero-order valence-electron chi connectivity index (χ0n) is 9.70. The third kappa shape index (κ3) is 4.20. The molecular formula is C13H14BrNO2. The van der Waals surface area contributed by atoms with Crippen LogP contribution in [0.15, 0.2) is 22.7 Å². The zero-order valence-corrected chi connectivity index (χ0v) is 11.3. The number of hydrogen-bond acceptors (Lipinski definition) is 3. The molecule has 17 heavy (non-hydrogen) atoms. The van der Waals surface area contributed by atoms with Crippen LogP contribution in [0, 0.1) is 11.3 Å². The summed E-state index contributed by atoms with van der Waals surface area (Å²) in [7, 11) is 0.